The predicted octanol–water partition coefficient (Wildman–Crippen LogP) is 4.04. The van der Waals surface area contributed by atoms with Crippen molar-refractivity contribution in [1.82, 2.24) is 4.90 Å². The Hall–Kier alpha value is -1.94. The molecule has 0 saturated carbocycles. The molecule has 0 aliphatic carbocycles. The molecule has 1 aliphatic rings. The van der Waals surface area contributed by atoms with E-state index in [1.54, 1.807) is 6.07 Å². The molecule has 110 valence electrons. The second kappa shape index (κ2) is 5.82. The van der Waals surface area contributed by atoms with Crippen molar-refractivity contribution < 1.29 is 4.92 Å². The third-order valence-electron chi connectivity index (χ3n) is 4.41. The molecular weight excluding hydrogens is 264 g/mol. The number of rotatable bonds is 3. The molecule has 4 heteroatoms. The van der Waals surface area contributed by atoms with Gasteiger partial charge in [0.2, 0.25) is 0 Å². The smallest absolute Gasteiger partial charge is 0.273 e. The fraction of sp³-hybridized carbons (Fsp3) is 0.412. The van der Waals surface area contributed by atoms with Crippen LogP contribution in [0.25, 0.3) is 10.8 Å². The summed E-state index contributed by atoms with van der Waals surface area (Å²) in [5, 5.41) is 13.4. The van der Waals surface area contributed by atoms with Gasteiger partial charge in [-0.05, 0) is 49.2 Å². The molecule has 21 heavy (non-hydrogen) atoms. The maximum Gasteiger partial charge on any atom is 0.273 e. The number of benzene rings is 2. The summed E-state index contributed by atoms with van der Waals surface area (Å²) in [7, 11) is 0. The van der Waals surface area contributed by atoms with Gasteiger partial charge in [-0.2, -0.15) is 0 Å². The first kappa shape index (κ1) is 14.0. The lowest BCUT2D eigenvalue weighted by Gasteiger charge is -2.27. The number of likely N-dealkylation sites (tertiary alicyclic amines) is 1. The van der Waals surface area contributed by atoms with E-state index in [0.717, 1.165) is 41.5 Å². The van der Waals surface area contributed by atoms with E-state index in [1.165, 1.54) is 19.3 Å². The lowest BCUT2D eigenvalue weighted by atomic mass is 9.97. The molecule has 1 fully saturated rings. The molecule has 3 rings (SSSR count). The van der Waals surface area contributed by atoms with Gasteiger partial charge >= 0.3 is 0 Å². The van der Waals surface area contributed by atoms with E-state index in [2.05, 4.69) is 11.0 Å². The lowest BCUT2D eigenvalue weighted by molar-refractivity contribution is -0.385. The van der Waals surface area contributed by atoms with E-state index < -0.39 is 0 Å². The van der Waals surface area contributed by atoms with Gasteiger partial charge in [-0.15, -0.1) is 0 Å². The van der Waals surface area contributed by atoms with E-state index >= 15 is 0 Å². The molecule has 4 nitrogen and oxygen atoms in total. The molecule has 0 radical (unpaired) electrons. The normalized spacial score (nSPS) is 16.2. The van der Waals surface area contributed by atoms with Crippen LogP contribution in [0.1, 0.15) is 30.4 Å². The van der Waals surface area contributed by atoms with Crippen molar-refractivity contribution in [2.24, 2.45) is 0 Å². The minimum atomic E-state index is -0.262. The van der Waals surface area contributed by atoms with Crippen LogP contribution in [-0.4, -0.2) is 22.9 Å². The van der Waals surface area contributed by atoms with Gasteiger partial charge in [0.15, 0.2) is 0 Å². The van der Waals surface area contributed by atoms with Gasteiger partial charge in [-0.1, -0.05) is 30.7 Å². The number of nitro groups is 1. The fourth-order valence-corrected chi connectivity index (χ4v) is 3.26. The molecular formula is C17H20N2O2. The van der Waals surface area contributed by atoms with Gasteiger partial charge < -0.3 is 0 Å². The molecule has 2 aromatic carbocycles. The van der Waals surface area contributed by atoms with Crippen molar-refractivity contribution in [2.75, 3.05) is 13.1 Å². The van der Waals surface area contributed by atoms with Crippen molar-refractivity contribution in [3.8, 4) is 0 Å². The van der Waals surface area contributed by atoms with Crippen molar-refractivity contribution >= 4 is 16.5 Å². The van der Waals surface area contributed by atoms with Gasteiger partial charge in [0.05, 0.1) is 4.92 Å². The first-order chi connectivity index (χ1) is 10.2. The number of aryl methyl sites for hydroxylation is 1. The highest BCUT2D eigenvalue weighted by atomic mass is 16.6. The summed E-state index contributed by atoms with van der Waals surface area (Å²) >= 11 is 0. The molecule has 0 spiro atoms. The van der Waals surface area contributed by atoms with Crippen LogP contribution < -0.4 is 0 Å². The molecule has 0 unspecified atom stereocenters. The molecule has 2 aromatic rings. The van der Waals surface area contributed by atoms with Crippen LogP contribution in [0.15, 0.2) is 30.3 Å². The summed E-state index contributed by atoms with van der Waals surface area (Å²) in [5.74, 6) is 0. The molecule has 1 saturated heterocycles. The molecule has 0 bridgehead atoms. The number of nitrogens with zero attached hydrogens (tertiary/aromatic N) is 2. The zero-order chi connectivity index (χ0) is 14.8. The lowest BCUT2D eigenvalue weighted by Crippen LogP contribution is -2.29. The first-order valence-electron chi connectivity index (χ1n) is 7.55. The van der Waals surface area contributed by atoms with Crippen LogP contribution in [0, 0.1) is 17.0 Å². The molecule has 0 aromatic heterocycles. The van der Waals surface area contributed by atoms with E-state index in [1.807, 2.05) is 25.1 Å². The second-order valence-corrected chi connectivity index (χ2v) is 5.82. The molecule has 1 heterocycles. The summed E-state index contributed by atoms with van der Waals surface area (Å²) in [4.78, 5) is 13.4. The van der Waals surface area contributed by atoms with Gasteiger partial charge in [0, 0.05) is 18.2 Å². The summed E-state index contributed by atoms with van der Waals surface area (Å²) < 4.78 is 0. The molecule has 0 amide bonds. The number of fused-ring (bicyclic) bond motifs is 1. The Morgan fingerprint density at radius 2 is 1.81 bits per heavy atom. The Balaban J connectivity index is 2.07. The number of hydrogen-bond donors (Lipinski definition) is 0. The Morgan fingerprint density at radius 3 is 2.48 bits per heavy atom. The standard InChI is InChI=1S/C17H20N2O2/c1-13-15-7-3-4-8-16(15)14(11-17(13)19(20)21)12-18-9-5-2-6-10-18/h3-4,7-8,11H,2,5-6,9-10,12H2,1H3. The highest BCUT2D eigenvalue weighted by Gasteiger charge is 2.19. The van der Waals surface area contributed by atoms with Gasteiger partial charge in [-0.3, -0.25) is 15.0 Å². The Labute approximate surface area is 124 Å². The third kappa shape index (κ3) is 2.76. The quantitative estimate of drug-likeness (QED) is 0.631. The van der Waals surface area contributed by atoms with Crippen LogP contribution in [0.5, 0.6) is 0 Å². The Kier molecular flexibility index (Phi) is 3.88. The Bertz CT molecular complexity index is 676. The average molecular weight is 284 g/mol. The maximum atomic E-state index is 11.3. The highest BCUT2D eigenvalue weighted by molar-refractivity contribution is 5.91. The molecule has 1 aliphatic heterocycles. The first-order valence-corrected chi connectivity index (χ1v) is 7.55. The molecule has 0 atom stereocenters. The van der Waals surface area contributed by atoms with Gasteiger partial charge in [0.25, 0.3) is 5.69 Å². The summed E-state index contributed by atoms with van der Waals surface area (Å²) in [5.41, 5.74) is 2.07. The topological polar surface area (TPSA) is 46.4 Å². The van der Waals surface area contributed by atoms with E-state index in [-0.39, 0.29) is 10.6 Å². The van der Waals surface area contributed by atoms with Crippen molar-refractivity contribution in [1.29, 1.82) is 0 Å². The molecule has 0 N–H and O–H groups in total. The van der Waals surface area contributed by atoms with E-state index in [9.17, 15) is 10.1 Å². The predicted molar refractivity (Wildman–Crippen MR) is 84.5 cm³/mol. The zero-order valence-electron chi connectivity index (χ0n) is 12.3. The average Bonchev–Trinajstić information content (AvgIpc) is 2.51. The van der Waals surface area contributed by atoms with Crippen LogP contribution in [0.3, 0.4) is 0 Å². The summed E-state index contributed by atoms with van der Waals surface area (Å²) in [6, 6.07) is 9.78. The van der Waals surface area contributed by atoms with Gasteiger partial charge in [-0.25, -0.2) is 0 Å². The van der Waals surface area contributed by atoms with Crippen LogP contribution in [0.4, 0.5) is 5.69 Å². The Morgan fingerprint density at radius 1 is 1.14 bits per heavy atom. The monoisotopic (exact) mass is 284 g/mol. The van der Waals surface area contributed by atoms with E-state index in [0.29, 0.717) is 0 Å². The fourth-order valence-electron chi connectivity index (χ4n) is 3.26. The minimum Gasteiger partial charge on any atom is -0.299 e. The zero-order valence-corrected chi connectivity index (χ0v) is 12.3. The van der Waals surface area contributed by atoms with Crippen molar-refractivity contribution in [3.05, 3.63) is 51.6 Å². The SMILES string of the molecule is Cc1c([N+](=O)[O-])cc(CN2CCCCC2)c2ccccc12. The maximum absolute atomic E-state index is 11.3. The van der Waals surface area contributed by atoms with Crippen LogP contribution in [-0.2, 0) is 6.54 Å². The van der Waals surface area contributed by atoms with Crippen molar-refractivity contribution in [3.63, 3.8) is 0 Å². The summed E-state index contributed by atoms with van der Waals surface area (Å²) in [6.45, 7) is 4.83. The highest BCUT2D eigenvalue weighted by Crippen LogP contribution is 2.31. The largest absolute Gasteiger partial charge is 0.299 e. The third-order valence-corrected chi connectivity index (χ3v) is 4.41. The van der Waals surface area contributed by atoms with Crippen LogP contribution >= 0.6 is 0 Å². The number of piperidine rings is 1. The van der Waals surface area contributed by atoms with E-state index in [4.69, 9.17) is 0 Å². The number of nitro benzene ring substituents is 1. The van der Waals surface area contributed by atoms with Crippen molar-refractivity contribution in [2.45, 2.75) is 32.7 Å². The van der Waals surface area contributed by atoms with Gasteiger partial charge in [0.1, 0.15) is 0 Å². The number of hydrogen-bond acceptors (Lipinski definition) is 3. The summed E-state index contributed by atoms with van der Waals surface area (Å²) in [6.07, 6.45) is 3.75. The minimum absolute atomic E-state index is 0.237. The van der Waals surface area contributed by atoms with Crippen LogP contribution in [0.2, 0.25) is 0 Å². The second-order valence-electron chi connectivity index (χ2n) is 5.82.